The van der Waals surface area contributed by atoms with Gasteiger partial charge in [-0.1, -0.05) is 41.6 Å². The topological polar surface area (TPSA) is 123 Å². The molecule has 3 aromatic carbocycles. The van der Waals surface area contributed by atoms with Crippen molar-refractivity contribution in [1.82, 2.24) is 19.4 Å². The number of ether oxygens (including phenoxy) is 1. The number of hydrogen-bond donors (Lipinski definition) is 2. The van der Waals surface area contributed by atoms with Gasteiger partial charge in [-0.2, -0.15) is 0 Å². The molecule has 0 spiro atoms. The minimum atomic E-state index is -0.974. The molecule has 10 nitrogen and oxygen atoms in total. The molecule has 2 N–H and O–H groups in total. The van der Waals surface area contributed by atoms with Crippen molar-refractivity contribution in [1.29, 1.82) is 0 Å². The van der Waals surface area contributed by atoms with Crippen LogP contribution in [0.1, 0.15) is 27.2 Å². The first-order chi connectivity index (χ1) is 21.0. The number of aromatic carboxylic acids is 1. The quantitative estimate of drug-likeness (QED) is 0.135. The van der Waals surface area contributed by atoms with Gasteiger partial charge in [0.05, 0.1) is 23.7 Å². The molecule has 0 fully saturated rings. The van der Waals surface area contributed by atoms with Crippen LogP contribution < -0.4 is 10.1 Å². The first kappa shape index (κ1) is 27.2. The number of carboxylic acids is 1. The number of carbonyl (C=O) groups is 1. The smallest absolute Gasteiger partial charge is 0.335 e. The van der Waals surface area contributed by atoms with E-state index >= 15 is 0 Å². The van der Waals surface area contributed by atoms with Crippen LogP contribution in [-0.2, 0) is 11.4 Å². The number of nitrogens with zero attached hydrogens (tertiary/aromatic N) is 5. The van der Waals surface area contributed by atoms with Gasteiger partial charge in [0.2, 0.25) is 5.88 Å². The molecule has 0 aliphatic rings. The summed E-state index contributed by atoms with van der Waals surface area (Å²) in [7, 11) is 0. The molecule has 212 valence electrons. The molecule has 3 heterocycles. The van der Waals surface area contributed by atoms with E-state index in [0.29, 0.717) is 11.6 Å². The third kappa shape index (κ3) is 6.49. The molecular formula is C33H26N6O4. The molecule has 10 heteroatoms. The molecule has 0 saturated heterocycles. The number of oxime groups is 1. The normalized spacial score (nSPS) is 11.1. The first-order valence-corrected chi connectivity index (χ1v) is 13.4. The van der Waals surface area contributed by atoms with Crippen LogP contribution in [0.2, 0.25) is 0 Å². The van der Waals surface area contributed by atoms with Gasteiger partial charge in [-0.05, 0) is 67.1 Å². The molecular weight excluding hydrogens is 544 g/mol. The Morgan fingerprint density at radius 1 is 0.953 bits per heavy atom. The number of carboxylic acid groups (broad SMARTS) is 1. The average Bonchev–Trinajstić information content (AvgIpc) is 3.38. The van der Waals surface area contributed by atoms with E-state index in [-0.39, 0.29) is 12.2 Å². The van der Waals surface area contributed by atoms with Gasteiger partial charge < -0.3 is 20.0 Å². The van der Waals surface area contributed by atoms with Crippen molar-refractivity contribution in [2.45, 2.75) is 13.5 Å². The van der Waals surface area contributed by atoms with Crippen molar-refractivity contribution < 1.29 is 19.5 Å². The van der Waals surface area contributed by atoms with E-state index in [4.69, 9.17) is 14.6 Å². The second kappa shape index (κ2) is 12.2. The van der Waals surface area contributed by atoms with E-state index in [0.717, 1.165) is 45.2 Å². The van der Waals surface area contributed by atoms with Gasteiger partial charge in [0.25, 0.3) is 0 Å². The van der Waals surface area contributed by atoms with E-state index in [9.17, 15) is 9.90 Å². The van der Waals surface area contributed by atoms with Crippen molar-refractivity contribution in [3.05, 3.63) is 132 Å². The summed E-state index contributed by atoms with van der Waals surface area (Å²) in [5, 5.41) is 16.8. The molecule has 0 aliphatic carbocycles. The molecule has 6 rings (SSSR count). The standard InChI is InChI=1S/C33H26N6O4/c1-22-17-34-19-30(36-22)43-28-14-7-23(8-15-28)18-35-42-21-24-9-16-29-38-31(25-5-3-2-4-6-25)32(39(29)20-24)37-27-12-10-26(11-13-27)33(40)41/h2-20,37H,21H2,1H3,(H,40,41)/b35-18+. The minimum Gasteiger partial charge on any atom is -0.478 e. The molecule has 0 aliphatic heterocycles. The largest absolute Gasteiger partial charge is 0.478 e. The lowest BCUT2D eigenvalue weighted by molar-refractivity contribution is 0.0697. The number of benzene rings is 3. The zero-order chi connectivity index (χ0) is 29.6. The monoisotopic (exact) mass is 570 g/mol. The van der Waals surface area contributed by atoms with Crippen LogP contribution in [0.5, 0.6) is 11.6 Å². The Kier molecular flexibility index (Phi) is 7.72. The second-order valence-electron chi connectivity index (χ2n) is 9.63. The summed E-state index contributed by atoms with van der Waals surface area (Å²) in [5.41, 5.74) is 5.92. The summed E-state index contributed by atoms with van der Waals surface area (Å²) >= 11 is 0. The van der Waals surface area contributed by atoms with Crippen LogP contribution in [0.25, 0.3) is 16.9 Å². The predicted octanol–water partition coefficient (Wildman–Crippen LogP) is 6.88. The Hall–Kier alpha value is -6.03. The fourth-order valence-corrected chi connectivity index (χ4v) is 4.37. The number of hydrogen-bond acceptors (Lipinski definition) is 8. The van der Waals surface area contributed by atoms with Crippen LogP contribution in [0, 0.1) is 6.92 Å². The molecule has 6 aromatic rings. The number of aryl methyl sites for hydroxylation is 1. The number of pyridine rings is 1. The van der Waals surface area contributed by atoms with Crippen LogP contribution in [0.15, 0.2) is 115 Å². The summed E-state index contributed by atoms with van der Waals surface area (Å²) in [6.07, 6.45) is 6.81. The Balaban J connectivity index is 1.17. The van der Waals surface area contributed by atoms with Crippen LogP contribution >= 0.6 is 0 Å². The summed E-state index contributed by atoms with van der Waals surface area (Å²) < 4.78 is 7.69. The molecule has 43 heavy (non-hydrogen) atoms. The van der Waals surface area contributed by atoms with E-state index in [2.05, 4.69) is 20.4 Å². The Morgan fingerprint density at radius 2 is 1.74 bits per heavy atom. The summed E-state index contributed by atoms with van der Waals surface area (Å²) in [5.74, 6) is 0.848. The molecule has 0 amide bonds. The van der Waals surface area contributed by atoms with Crippen molar-refractivity contribution >= 4 is 29.3 Å². The van der Waals surface area contributed by atoms with Crippen LogP contribution in [0.3, 0.4) is 0 Å². The number of nitrogens with one attached hydrogen (secondary N) is 1. The van der Waals surface area contributed by atoms with Gasteiger partial charge in [-0.25, -0.2) is 14.8 Å². The van der Waals surface area contributed by atoms with E-state index in [1.165, 1.54) is 0 Å². The lowest BCUT2D eigenvalue weighted by Crippen LogP contribution is -2.00. The highest BCUT2D eigenvalue weighted by Gasteiger charge is 2.15. The van der Waals surface area contributed by atoms with Crippen LogP contribution in [-0.4, -0.2) is 36.6 Å². The highest BCUT2D eigenvalue weighted by atomic mass is 16.6. The molecule has 0 bridgehead atoms. The Labute approximate surface area is 246 Å². The van der Waals surface area contributed by atoms with Crippen molar-refractivity contribution in [2.24, 2.45) is 5.16 Å². The Morgan fingerprint density at radius 3 is 2.49 bits per heavy atom. The molecule has 0 unspecified atom stereocenters. The molecule has 0 atom stereocenters. The maximum Gasteiger partial charge on any atom is 0.335 e. The number of rotatable bonds is 10. The van der Waals surface area contributed by atoms with Gasteiger partial charge in [-0.15, -0.1) is 0 Å². The minimum absolute atomic E-state index is 0.216. The van der Waals surface area contributed by atoms with Crippen molar-refractivity contribution in [3.63, 3.8) is 0 Å². The van der Waals surface area contributed by atoms with Crippen LogP contribution in [0.4, 0.5) is 11.5 Å². The lowest BCUT2D eigenvalue weighted by Gasteiger charge is -2.10. The van der Waals surface area contributed by atoms with Gasteiger partial charge in [0.15, 0.2) is 0 Å². The first-order valence-electron chi connectivity index (χ1n) is 13.4. The zero-order valence-corrected chi connectivity index (χ0v) is 23.1. The number of anilines is 2. The lowest BCUT2D eigenvalue weighted by atomic mass is 10.1. The van der Waals surface area contributed by atoms with Crippen molar-refractivity contribution in [3.8, 4) is 22.9 Å². The Bertz CT molecular complexity index is 1900. The third-order valence-electron chi connectivity index (χ3n) is 6.46. The van der Waals surface area contributed by atoms with Gasteiger partial charge in [0, 0.05) is 29.2 Å². The fraction of sp³-hybridized carbons (Fsp3) is 0.0606. The number of aromatic nitrogens is 4. The average molecular weight is 571 g/mol. The maximum atomic E-state index is 11.3. The summed E-state index contributed by atoms with van der Waals surface area (Å²) in [4.78, 5) is 30.1. The van der Waals surface area contributed by atoms with E-state index in [1.807, 2.05) is 84.3 Å². The number of imidazole rings is 1. The highest BCUT2D eigenvalue weighted by Crippen LogP contribution is 2.31. The third-order valence-corrected chi connectivity index (χ3v) is 6.46. The van der Waals surface area contributed by atoms with Gasteiger partial charge >= 0.3 is 5.97 Å². The summed E-state index contributed by atoms with van der Waals surface area (Å²) in [6.45, 7) is 2.10. The molecule has 0 radical (unpaired) electrons. The maximum absolute atomic E-state index is 11.3. The molecule has 3 aromatic heterocycles. The zero-order valence-electron chi connectivity index (χ0n) is 23.1. The second-order valence-corrected chi connectivity index (χ2v) is 9.63. The van der Waals surface area contributed by atoms with Crippen molar-refractivity contribution in [2.75, 3.05) is 5.32 Å². The van der Waals surface area contributed by atoms with Gasteiger partial charge in [0.1, 0.15) is 29.5 Å². The van der Waals surface area contributed by atoms with E-state index < -0.39 is 5.97 Å². The summed E-state index contributed by atoms with van der Waals surface area (Å²) in [6, 6.07) is 27.7. The fourth-order valence-electron chi connectivity index (χ4n) is 4.37. The molecule has 0 saturated carbocycles. The predicted molar refractivity (Wildman–Crippen MR) is 163 cm³/mol. The highest BCUT2D eigenvalue weighted by molar-refractivity contribution is 5.88. The van der Waals surface area contributed by atoms with E-state index in [1.54, 1.807) is 42.9 Å². The SMILES string of the molecule is Cc1cncc(Oc2ccc(/C=N/OCc3ccc4nc(-c5ccccc5)c(Nc5ccc(C(=O)O)cc5)n4c3)cc2)n1. The van der Waals surface area contributed by atoms with Gasteiger partial charge in [-0.3, -0.25) is 9.38 Å². The number of fused-ring (bicyclic) bond motifs is 1.